The van der Waals surface area contributed by atoms with Crippen molar-refractivity contribution in [1.82, 2.24) is 10.2 Å². The minimum absolute atomic E-state index is 0.0774. The molecule has 0 aromatic heterocycles. The molecule has 5 heteroatoms. The van der Waals surface area contributed by atoms with Crippen molar-refractivity contribution in [3.63, 3.8) is 0 Å². The molecule has 1 heterocycles. The van der Waals surface area contributed by atoms with Crippen molar-refractivity contribution < 1.29 is 14.4 Å². The standard InChI is InChI=1S/C10H14N2O3/c13-8-9(14)12(10(15)11-8)7-5-3-1-2-4-6-7/h7H,1-6H2,(H,11,13,15). The van der Waals surface area contributed by atoms with Gasteiger partial charge in [-0.1, -0.05) is 25.7 Å². The Morgan fingerprint density at radius 3 is 2.07 bits per heavy atom. The molecule has 82 valence electrons. The van der Waals surface area contributed by atoms with Crippen LogP contribution < -0.4 is 5.32 Å². The van der Waals surface area contributed by atoms with Crippen LogP contribution in [0.3, 0.4) is 0 Å². The molecule has 2 aliphatic rings. The summed E-state index contributed by atoms with van der Waals surface area (Å²) in [6.45, 7) is 0. The zero-order valence-corrected chi connectivity index (χ0v) is 8.49. The molecule has 0 radical (unpaired) electrons. The van der Waals surface area contributed by atoms with E-state index < -0.39 is 17.8 Å². The Kier molecular flexibility index (Phi) is 2.70. The molecular weight excluding hydrogens is 196 g/mol. The van der Waals surface area contributed by atoms with Crippen LogP contribution in [0.4, 0.5) is 4.79 Å². The van der Waals surface area contributed by atoms with Crippen molar-refractivity contribution >= 4 is 17.8 Å². The first-order valence-corrected chi connectivity index (χ1v) is 5.38. The number of imide groups is 2. The van der Waals surface area contributed by atoms with Gasteiger partial charge < -0.3 is 0 Å². The highest BCUT2D eigenvalue weighted by Crippen LogP contribution is 2.23. The molecule has 1 saturated carbocycles. The maximum Gasteiger partial charge on any atom is 0.331 e. The van der Waals surface area contributed by atoms with Crippen LogP contribution in [-0.2, 0) is 9.59 Å². The summed E-state index contributed by atoms with van der Waals surface area (Å²) in [5.74, 6) is -1.48. The van der Waals surface area contributed by atoms with E-state index in [1.807, 2.05) is 5.32 Å². The average Bonchev–Trinajstić information content (AvgIpc) is 2.46. The van der Waals surface area contributed by atoms with Crippen LogP contribution in [-0.4, -0.2) is 28.8 Å². The van der Waals surface area contributed by atoms with Crippen molar-refractivity contribution in [2.75, 3.05) is 0 Å². The van der Waals surface area contributed by atoms with Crippen molar-refractivity contribution in [2.24, 2.45) is 0 Å². The predicted octanol–water partition coefficient (Wildman–Crippen LogP) is 0.788. The van der Waals surface area contributed by atoms with Gasteiger partial charge >= 0.3 is 17.8 Å². The van der Waals surface area contributed by atoms with Gasteiger partial charge in [0.05, 0.1) is 0 Å². The molecule has 1 N–H and O–H groups in total. The summed E-state index contributed by atoms with van der Waals surface area (Å²) in [6.07, 6.45) is 5.99. The number of amides is 4. The molecule has 0 aromatic carbocycles. The van der Waals surface area contributed by atoms with E-state index >= 15 is 0 Å². The van der Waals surface area contributed by atoms with Crippen LogP contribution in [0.2, 0.25) is 0 Å². The third-order valence-electron chi connectivity index (χ3n) is 3.04. The van der Waals surface area contributed by atoms with Gasteiger partial charge in [0.2, 0.25) is 0 Å². The summed E-state index contributed by atoms with van der Waals surface area (Å²) in [5, 5.41) is 2.03. The zero-order chi connectivity index (χ0) is 10.8. The first-order valence-electron chi connectivity index (χ1n) is 5.38. The molecule has 0 aromatic rings. The van der Waals surface area contributed by atoms with Gasteiger partial charge in [0.25, 0.3) is 0 Å². The molecule has 4 amide bonds. The number of urea groups is 1. The van der Waals surface area contributed by atoms with E-state index in [0.29, 0.717) is 0 Å². The third-order valence-corrected chi connectivity index (χ3v) is 3.04. The first kappa shape index (κ1) is 10.1. The van der Waals surface area contributed by atoms with Crippen LogP contribution in [0.5, 0.6) is 0 Å². The second-order valence-corrected chi connectivity index (χ2v) is 4.08. The van der Waals surface area contributed by atoms with E-state index in [1.54, 1.807) is 0 Å². The molecule has 0 spiro atoms. The fraction of sp³-hybridized carbons (Fsp3) is 0.700. The predicted molar refractivity (Wildman–Crippen MR) is 51.9 cm³/mol. The number of nitrogens with one attached hydrogen (secondary N) is 1. The average molecular weight is 210 g/mol. The van der Waals surface area contributed by atoms with Crippen LogP contribution in [0.1, 0.15) is 38.5 Å². The summed E-state index contributed by atoms with van der Waals surface area (Å²) in [4.78, 5) is 34.9. The van der Waals surface area contributed by atoms with Gasteiger partial charge in [0.15, 0.2) is 0 Å². The fourth-order valence-electron chi connectivity index (χ4n) is 2.26. The van der Waals surface area contributed by atoms with E-state index in [1.165, 1.54) is 0 Å². The Morgan fingerprint density at radius 2 is 1.60 bits per heavy atom. The maximum absolute atomic E-state index is 11.4. The lowest BCUT2D eigenvalue weighted by atomic mass is 10.1. The Hall–Kier alpha value is -1.39. The minimum atomic E-state index is -0.788. The van der Waals surface area contributed by atoms with E-state index in [4.69, 9.17) is 0 Å². The number of hydrogen-bond donors (Lipinski definition) is 1. The van der Waals surface area contributed by atoms with Crippen molar-refractivity contribution in [3.05, 3.63) is 0 Å². The molecule has 1 aliphatic carbocycles. The van der Waals surface area contributed by atoms with Gasteiger partial charge in [-0.2, -0.15) is 0 Å². The number of carbonyl (C=O) groups excluding carboxylic acids is 3. The highest BCUT2D eigenvalue weighted by molar-refractivity contribution is 6.44. The molecular formula is C10H14N2O3. The van der Waals surface area contributed by atoms with Crippen molar-refractivity contribution in [1.29, 1.82) is 0 Å². The van der Waals surface area contributed by atoms with Crippen LogP contribution in [0, 0.1) is 0 Å². The highest BCUT2D eigenvalue weighted by atomic mass is 16.2. The number of rotatable bonds is 1. The quantitative estimate of drug-likeness (QED) is 0.395. The fourth-order valence-corrected chi connectivity index (χ4v) is 2.26. The number of nitrogens with zero attached hydrogens (tertiary/aromatic N) is 1. The van der Waals surface area contributed by atoms with Crippen LogP contribution in [0.15, 0.2) is 0 Å². The van der Waals surface area contributed by atoms with Gasteiger partial charge in [-0.25, -0.2) is 4.79 Å². The molecule has 1 aliphatic heterocycles. The normalized spacial score (nSPS) is 24.3. The second-order valence-electron chi connectivity index (χ2n) is 4.08. The molecule has 2 fully saturated rings. The second kappa shape index (κ2) is 4.00. The Labute approximate surface area is 87.8 Å². The van der Waals surface area contributed by atoms with E-state index in [0.717, 1.165) is 43.4 Å². The van der Waals surface area contributed by atoms with Crippen LogP contribution >= 0.6 is 0 Å². The van der Waals surface area contributed by atoms with Gasteiger partial charge in [-0.05, 0) is 12.8 Å². The van der Waals surface area contributed by atoms with Gasteiger partial charge in [0.1, 0.15) is 0 Å². The van der Waals surface area contributed by atoms with Gasteiger partial charge in [-0.3, -0.25) is 19.8 Å². The maximum atomic E-state index is 11.4. The Morgan fingerprint density at radius 1 is 1.00 bits per heavy atom. The number of hydrogen-bond acceptors (Lipinski definition) is 3. The molecule has 0 bridgehead atoms. The summed E-state index contributed by atoms with van der Waals surface area (Å²) < 4.78 is 0. The molecule has 0 atom stereocenters. The van der Waals surface area contributed by atoms with Gasteiger partial charge in [0, 0.05) is 6.04 Å². The summed E-state index contributed by atoms with van der Waals surface area (Å²) in [7, 11) is 0. The van der Waals surface area contributed by atoms with E-state index in [-0.39, 0.29) is 6.04 Å². The Balaban J connectivity index is 2.11. The summed E-state index contributed by atoms with van der Waals surface area (Å²) in [6, 6.07) is -0.622. The monoisotopic (exact) mass is 210 g/mol. The molecule has 15 heavy (non-hydrogen) atoms. The first-order chi connectivity index (χ1) is 7.20. The zero-order valence-electron chi connectivity index (χ0n) is 8.49. The lowest BCUT2D eigenvalue weighted by Gasteiger charge is -2.22. The third kappa shape index (κ3) is 1.86. The topological polar surface area (TPSA) is 66.5 Å². The molecule has 5 nitrogen and oxygen atoms in total. The Bertz CT molecular complexity index is 306. The SMILES string of the molecule is O=C1NC(=O)N(C2CCCCCC2)C1=O. The van der Waals surface area contributed by atoms with Gasteiger partial charge in [-0.15, -0.1) is 0 Å². The van der Waals surface area contributed by atoms with E-state index in [9.17, 15) is 14.4 Å². The smallest absolute Gasteiger partial charge is 0.269 e. The van der Waals surface area contributed by atoms with Crippen molar-refractivity contribution in [3.8, 4) is 0 Å². The largest absolute Gasteiger partial charge is 0.331 e. The van der Waals surface area contributed by atoms with E-state index in [2.05, 4.69) is 0 Å². The summed E-state index contributed by atoms with van der Waals surface area (Å²) in [5.41, 5.74) is 0. The lowest BCUT2D eigenvalue weighted by Crippen LogP contribution is -2.40. The summed E-state index contributed by atoms with van der Waals surface area (Å²) >= 11 is 0. The molecule has 1 saturated heterocycles. The molecule has 2 rings (SSSR count). The minimum Gasteiger partial charge on any atom is -0.269 e. The lowest BCUT2D eigenvalue weighted by molar-refractivity contribution is -0.141. The molecule has 0 unspecified atom stereocenters. The van der Waals surface area contributed by atoms with Crippen LogP contribution in [0.25, 0.3) is 0 Å². The highest BCUT2D eigenvalue weighted by Gasteiger charge is 2.41. The number of carbonyl (C=O) groups is 3. The van der Waals surface area contributed by atoms with Crippen molar-refractivity contribution in [2.45, 2.75) is 44.6 Å².